The molecule has 0 bridgehead atoms. The van der Waals surface area contributed by atoms with Crippen LogP contribution in [0.2, 0.25) is 0 Å². The Bertz CT molecular complexity index is 8.00. The van der Waals surface area contributed by atoms with E-state index in [0.717, 1.165) is 0 Å². The first-order valence-corrected chi connectivity index (χ1v) is 0. The Kier molecular flexibility index (Phi) is 217. The molecule has 0 aromatic carbocycles. The van der Waals surface area contributed by atoms with E-state index in [1.165, 1.54) is 0 Å². The molecule has 0 saturated heterocycles. The van der Waals surface area contributed by atoms with Crippen LogP contribution in [0.5, 0.6) is 0 Å². The van der Waals surface area contributed by atoms with Gasteiger partial charge in [-0.15, -0.1) is 0 Å². The van der Waals surface area contributed by atoms with Crippen LogP contribution in [0.25, 0.3) is 0 Å². The average Bonchev–Trinajstić information content (AvgIpc) is 0. The molecule has 0 fully saturated rings. The summed E-state index contributed by atoms with van der Waals surface area (Å²) >= 11 is 0. The second-order valence-electron chi connectivity index (χ2n) is 0. The van der Waals surface area contributed by atoms with Gasteiger partial charge in [-0.1, -0.05) is 0 Å². The van der Waals surface area contributed by atoms with E-state index >= 15 is 0 Å². The molecule has 24 valence electrons. The molecule has 0 unspecified atom stereocenters. The Morgan fingerprint density at radius 1 is 1.00 bits per heavy atom. The summed E-state index contributed by atoms with van der Waals surface area (Å²) in [6.45, 7) is 0. The minimum Gasteiger partial charge on any atom is -0.412 e. The van der Waals surface area contributed by atoms with Crippen molar-refractivity contribution in [2.24, 2.45) is 0 Å². The van der Waals surface area contributed by atoms with Gasteiger partial charge < -0.3 is 5.48 Å². The minimum absolute atomic E-state index is 0. The molecule has 4 heteroatoms. The first-order valence-electron chi connectivity index (χ1n) is 0. The molecule has 0 aliphatic heterocycles. The first-order chi connectivity index (χ1) is 0. The summed E-state index contributed by atoms with van der Waals surface area (Å²) < 4.78 is 0. The number of hydrogen-bond donors (Lipinski definition) is 0. The molecule has 0 spiro atoms. The van der Waals surface area contributed by atoms with Gasteiger partial charge >= 0.3 is 0 Å². The van der Waals surface area contributed by atoms with Crippen molar-refractivity contribution in [2.45, 2.75) is 0 Å². The van der Waals surface area contributed by atoms with Crippen LogP contribution >= 0.6 is 0 Å². The van der Waals surface area contributed by atoms with E-state index in [1.807, 2.05) is 0 Å². The average molecular weight is 214 g/mol. The van der Waals surface area contributed by atoms with Gasteiger partial charge in [0.1, 0.15) is 0 Å². The van der Waals surface area contributed by atoms with E-state index in [2.05, 4.69) is 0 Å². The molecule has 0 rings (SSSR count). The van der Waals surface area contributed by atoms with Gasteiger partial charge in [-0.3, -0.25) is 0 Å². The van der Waals surface area contributed by atoms with E-state index in [4.69, 9.17) is 0 Å². The SMILES string of the molecule is O.[Cr].[Nb].[V]. The van der Waals surface area contributed by atoms with E-state index in [1.54, 1.807) is 0 Å². The van der Waals surface area contributed by atoms with E-state index in [0.29, 0.717) is 0 Å². The largest absolute Gasteiger partial charge is 0.412 e. The minimum atomic E-state index is 0. The maximum absolute atomic E-state index is 0. The van der Waals surface area contributed by atoms with Crippen molar-refractivity contribution < 1.29 is 63.8 Å². The van der Waals surface area contributed by atoms with E-state index < -0.39 is 0 Å². The Morgan fingerprint density at radius 2 is 1.00 bits per heavy atom. The van der Waals surface area contributed by atoms with E-state index in [-0.39, 0.29) is 63.8 Å². The van der Waals surface area contributed by atoms with Gasteiger partial charge in [0.25, 0.3) is 0 Å². The van der Waals surface area contributed by atoms with Crippen LogP contribution in [0.4, 0.5) is 0 Å². The molecule has 2 N–H and O–H groups in total. The fourth-order valence-electron chi connectivity index (χ4n) is 0. The smallest absolute Gasteiger partial charge is 0 e. The topological polar surface area (TPSA) is 31.5 Å². The summed E-state index contributed by atoms with van der Waals surface area (Å²) in [5, 5.41) is 0. The molecule has 0 heterocycles. The van der Waals surface area contributed by atoms with Gasteiger partial charge in [0.05, 0.1) is 0 Å². The van der Waals surface area contributed by atoms with Crippen LogP contribution in [0.15, 0.2) is 0 Å². The maximum atomic E-state index is 0. The molecular weight excluding hydrogens is 212 g/mol. The molecule has 0 aliphatic carbocycles. The Hall–Kier alpha value is 1.82. The van der Waals surface area contributed by atoms with Gasteiger partial charge in [0.2, 0.25) is 0 Å². The quantitative estimate of drug-likeness (QED) is 0.471. The van der Waals surface area contributed by atoms with Gasteiger partial charge in [-0.05, 0) is 0 Å². The van der Waals surface area contributed by atoms with Crippen molar-refractivity contribution in [3.63, 3.8) is 0 Å². The van der Waals surface area contributed by atoms with Crippen molar-refractivity contribution in [1.82, 2.24) is 0 Å². The fraction of sp³-hybridized carbons (Fsp3) is 0. The van der Waals surface area contributed by atoms with Crippen LogP contribution in [0, 0.1) is 0 Å². The molecule has 4 heavy (non-hydrogen) atoms. The molecule has 2 radical (unpaired) electrons. The normalized spacial score (nSPS) is 0. The Labute approximate surface area is 63.4 Å². The second-order valence-corrected chi connectivity index (χ2v) is 0. The van der Waals surface area contributed by atoms with Crippen LogP contribution in [-0.2, 0) is 58.3 Å². The molecule has 0 saturated carbocycles. The zero-order valence-corrected chi connectivity index (χ0v) is 6.67. The van der Waals surface area contributed by atoms with Crippen LogP contribution in [0.3, 0.4) is 0 Å². The Morgan fingerprint density at radius 3 is 1.00 bits per heavy atom. The third-order valence-corrected chi connectivity index (χ3v) is 0. The van der Waals surface area contributed by atoms with E-state index in [9.17, 15) is 0 Å². The second kappa shape index (κ2) is 21.3. The molecule has 0 aromatic rings. The summed E-state index contributed by atoms with van der Waals surface area (Å²) in [7, 11) is 0. The summed E-state index contributed by atoms with van der Waals surface area (Å²) in [6.07, 6.45) is 0. The number of rotatable bonds is 0. The third kappa shape index (κ3) is 9.17. The molecule has 1 nitrogen and oxygen atoms in total. The van der Waals surface area contributed by atoms with Crippen molar-refractivity contribution in [1.29, 1.82) is 0 Å². The zero-order valence-electron chi connectivity index (χ0n) is 1.80. The van der Waals surface area contributed by atoms with Gasteiger partial charge in [0.15, 0.2) is 0 Å². The van der Waals surface area contributed by atoms with Crippen molar-refractivity contribution in [3.8, 4) is 0 Å². The van der Waals surface area contributed by atoms with Crippen LogP contribution < -0.4 is 0 Å². The molecule has 0 amide bonds. The molecular formula is H2CrNbOV. The number of hydrogen-bond acceptors (Lipinski definition) is 0. The monoisotopic (exact) mass is 214 g/mol. The summed E-state index contributed by atoms with van der Waals surface area (Å²) in [6, 6.07) is 0. The summed E-state index contributed by atoms with van der Waals surface area (Å²) in [5.74, 6) is 0. The maximum Gasteiger partial charge on any atom is 0 e. The van der Waals surface area contributed by atoms with Gasteiger partial charge in [0, 0.05) is 58.3 Å². The van der Waals surface area contributed by atoms with Crippen LogP contribution in [-0.4, -0.2) is 5.48 Å². The predicted octanol–water partition coefficient (Wildman–Crippen LogP) is -0.832. The summed E-state index contributed by atoms with van der Waals surface area (Å²) in [4.78, 5) is 0. The van der Waals surface area contributed by atoms with Crippen LogP contribution in [0.1, 0.15) is 0 Å². The first kappa shape index (κ1) is 40.9. The van der Waals surface area contributed by atoms with Crippen molar-refractivity contribution >= 4 is 0 Å². The molecule has 0 atom stereocenters. The Balaban J connectivity index is 0. The zero-order chi connectivity index (χ0) is 0. The summed E-state index contributed by atoms with van der Waals surface area (Å²) in [5.41, 5.74) is 0. The molecule has 0 aromatic heterocycles. The molecule has 0 aliphatic rings. The van der Waals surface area contributed by atoms with Gasteiger partial charge in [-0.2, -0.15) is 0 Å². The predicted molar refractivity (Wildman–Crippen MR) is 3.61 cm³/mol. The fourth-order valence-corrected chi connectivity index (χ4v) is 0. The van der Waals surface area contributed by atoms with Crippen molar-refractivity contribution in [2.75, 3.05) is 0 Å². The van der Waals surface area contributed by atoms with Gasteiger partial charge in [-0.25, -0.2) is 0 Å². The standard InChI is InChI=1S/Cr.Nb.H2O.V/h;;1H2;. The third-order valence-electron chi connectivity index (χ3n) is 0. The van der Waals surface area contributed by atoms with Crippen molar-refractivity contribution in [3.05, 3.63) is 0 Å².